The standard InChI is InChI=1S/C30H26Cl2N6O4/c31-18-3-8-21(9-4-18)42-30(40)38-12-11-22-23-15-19(32)5-10-25(23)35-26(22)27(38)17-1-6-20(7-2-17)41-14-13-37-16-24(29(34)39)28(33)36-37/h1-10,15-16,27,35H,11-14H2,(H2,33,36)(H2,34,39). The molecule has 0 fully saturated rings. The predicted molar refractivity (Wildman–Crippen MR) is 160 cm³/mol. The average Bonchev–Trinajstić information content (AvgIpc) is 3.54. The van der Waals surface area contributed by atoms with Crippen LogP contribution in [-0.4, -0.2) is 44.8 Å². The van der Waals surface area contributed by atoms with Crippen molar-refractivity contribution in [1.82, 2.24) is 19.7 Å². The lowest BCUT2D eigenvalue weighted by atomic mass is 9.92. The van der Waals surface area contributed by atoms with Gasteiger partial charge in [0, 0.05) is 39.4 Å². The molecule has 0 saturated carbocycles. The molecule has 5 aromatic rings. The quantitative estimate of drug-likeness (QED) is 0.221. The molecule has 1 atom stereocenters. The van der Waals surface area contributed by atoms with Crippen molar-refractivity contribution < 1.29 is 19.1 Å². The molecule has 1 aliphatic rings. The molecule has 214 valence electrons. The molecular weight excluding hydrogens is 579 g/mol. The molecule has 0 bridgehead atoms. The highest BCUT2D eigenvalue weighted by Crippen LogP contribution is 2.40. The van der Waals surface area contributed by atoms with Crippen molar-refractivity contribution in [2.45, 2.75) is 19.0 Å². The highest BCUT2D eigenvalue weighted by atomic mass is 35.5. The highest BCUT2D eigenvalue weighted by molar-refractivity contribution is 6.31. The molecule has 0 aliphatic carbocycles. The number of fused-ring (bicyclic) bond motifs is 3. The Labute approximate surface area is 250 Å². The first-order chi connectivity index (χ1) is 20.3. The topological polar surface area (TPSA) is 141 Å². The van der Waals surface area contributed by atoms with Crippen LogP contribution in [-0.2, 0) is 13.0 Å². The minimum atomic E-state index is -0.634. The SMILES string of the molecule is NC(=O)c1cn(CCOc2ccc(C3c4[nH]c5ccc(Cl)cc5c4CCN3C(=O)Oc3ccc(Cl)cc3)cc2)nc1N. The van der Waals surface area contributed by atoms with Crippen LogP contribution in [0.5, 0.6) is 11.5 Å². The fourth-order valence-corrected chi connectivity index (χ4v) is 5.51. The number of nitrogens with two attached hydrogens (primary N) is 2. The van der Waals surface area contributed by atoms with Crippen LogP contribution in [0.2, 0.25) is 10.0 Å². The van der Waals surface area contributed by atoms with E-state index in [0.29, 0.717) is 41.1 Å². The van der Waals surface area contributed by atoms with Crippen molar-refractivity contribution in [3.63, 3.8) is 0 Å². The molecule has 0 saturated heterocycles. The molecular formula is C30H26Cl2N6O4. The summed E-state index contributed by atoms with van der Waals surface area (Å²) >= 11 is 12.3. The van der Waals surface area contributed by atoms with Gasteiger partial charge in [0.1, 0.15) is 29.7 Å². The van der Waals surface area contributed by atoms with E-state index in [1.807, 2.05) is 42.5 Å². The number of halogens is 2. The summed E-state index contributed by atoms with van der Waals surface area (Å²) in [5.41, 5.74) is 15.0. The maximum absolute atomic E-state index is 13.5. The summed E-state index contributed by atoms with van der Waals surface area (Å²) in [6.07, 6.45) is 1.66. The summed E-state index contributed by atoms with van der Waals surface area (Å²) in [4.78, 5) is 30.1. The lowest BCUT2D eigenvalue weighted by Gasteiger charge is -2.35. The first-order valence-corrected chi connectivity index (χ1v) is 13.9. The lowest BCUT2D eigenvalue weighted by Crippen LogP contribution is -2.42. The zero-order valence-electron chi connectivity index (χ0n) is 22.2. The number of carbonyl (C=O) groups excluding carboxylic acids is 2. The van der Waals surface area contributed by atoms with Gasteiger partial charge in [-0.25, -0.2) is 4.79 Å². The van der Waals surface area contributed by atoms with E-state index in [2.05, 4.69) is 10.1 Å². The van der Waals surface area contributed by atoms with Gasteiger partial charge in [-0.1, -0.05) is 35.3 Å². The van der Waals surface area contributed by atoms with Crippen molar-refractivity contribution in [2.24, 2.45) is 5.73 Å². The number of benzene rings is 3. The Bertz CT molecular complexity index is 1780. The largest absolute Gasteiger partial charge is 0.492 e. The van der Waals surface area contributed by atoms with Crippen molar-refractivity contribution in [1.29, 1.82) is 0 Å². The summed E-state index contributed by atoms with van der Waals surface area (Å²) in [5, 5.41) is 6.33. The minimum absolute atomic E-state index is 0.0806. The third-order valence-electron chi connectivity index (χ3n) is 7.18. The average molecular weight is 605 g/mol. The summed E-state index contributed by atoms with van der Waals surface area (Å²) in [5.74, 6) is 0.481. The van der Waals surface area contributed by atoms with Crippen LogP contribution in [0.1, 0.15) is 33.2 Å². The Hall–Kier alpha value is -4.67. The first kappa shape index (κ1) is 27.5. The molecule has 3 aromatic carbocycles. The lowest BCUT2D eigenvalue weighted by molar-refractivity contribution is 0.100. The van der Waals surface area contributed by atoms with E-state index >= 15 is 0 Å². The number of amides is 2. The summed E-state index contributed by atoms with van der Waals surface area (Å²) in [7, 11) is 0. The summed E-state index contributed by atoms with van der Waals surface area (Å²) in [6, 6.07) is 19.5. The van der Waals surface area contributed by atoms with Gasteiger partial charge in [-0.05, 0) is 72.1 Å². The van der Waals surface area contributed by atoms with Crippen LogP contribution >= 0.6 is 23.2 Å². The smallest absolute Gasteiger partial charge is 0.416 e. The Morgan fingerprint density at radius 2 is 1.71 bits per heavy atom. The molecule has 6 rings (SSSR count). The van der Waals surface area contributed by atoms with E-state index in [-0.39, 0.29) is 18.0 Å². The fraction of sp³-hybridized carbons (Fsp3) is 0.167. The molecule has 12 heteroatoms. The zero-order valence-corrected chi connectivity index (χ0v) is 23.7. The van der Waals surface area contributed by atoms with Crippen LogP contribution in [0, 0.1) is 0 Å². The van der Waals surface area contributed by atoms with Gasteiger partial charge in [-0.2, -0.15) is 5.10 Å². The Kier molecular flexibility index (Phi) is 7.40. The van der Waals surface area contributed by atoms with Crippen molar-refractivity contribution >= 4 is 51.9 Å². The number of ether oxygens (including phenoxy) is 2. The normalized spacial score (nSPS) is 14.5. The Morgan fingerprint density at radius 3 is 2.43 bits per heavy atom. The number of anilines is 1. The van der Waals surface area contributed by atoms with Gasteiger partial charge in [-0.3, -0.25) is 14.4 Å². The van der Waals surface area contributed by atoms with E-state index in [4.69, 9.17) is 44.1 Å². The second kappa shape index (κ2) is 11.3. The molecule has 2 aromatic heterocycles. The van der Waals surface area contributed by atoms with E-state index in [1.54, 1.807) is 29.2 Å². The number of rotatable bonds is 7. The van der Waals surface area contributed by atoms with Gasteiger partial charge < -0.3 is 25.9 Å². The molecule has 0 spiro atoms. The summed E-state index contributed by atoms with van der Waals surface area (Å²) in [6.45, 7) is 1.10. The predicted octanol–water partition coefficient (Wildman–Crippen LogP) is 5.58. The van der Waals surface area contributed by atoms with Crippen LogP contribution < -0.4 is 20.9 Å². The van der Waals surface area contributed by atoms with Crippen LogP contribution in [0.3, 0.4) is 0 Å². The zero-order chi connectivity index (χ0) is 29.4. The number of nitrogens with zero attached hydrogens (tertiary/aromatic N) is 3. The third kappa shape index (κ3) is 5.46. The molecule has 1 aliphatic heterocycles. The van der Waals surface area contributed by atoms with Gasteiger partial charge in [-0.15, -0.1) is 0 Å². The van der Waals surface area contributed by atoms with Gasteiger partial charge in [0.05, 0.1) is 6.54 Å². The first-order valence-electron chi connectivity index (χ1n) is 13.2. The van der Waals surface area contributed by atoms with Crippen molar-refractivity contribution in [3.8, 4) is 11.5 Å². The molecule has 10 nitrogen and oxygen atoms in total. The number of nitrogens with one attached hydrogen (secondary N) is 1. The van der Waals surface area contributed by atoms with Gasteiger partial charge in [0.2, 0.25) is 0 Å². The summed E-state index contributed by atoms with van der Waals surface area (Å²) < 4.78 is 13.1. The molecule has 2 amide bonds. The molecule has 5 N–H and O–H groups in total. The highest BCUT2D eigenvalue weighted by Gasteiger charge is 2.35. The van der Waals surface area contributed by atoms with Crippen LogP contribution in [0.4, 0.5) is 10.6 Å². The molecule has 1 unspecified atom stereocenters. The number of nitrogen functional groups attached to an aromatic ring is 1. The van der Waals surface area contributed by atoms with E-state index in [0.717, 1.165) is 27.7 Å². The maximum atomic E-state index is 13.5. The van der Waals surface area contributed by atoms with Gasteiger partial charge in [0.15, 0.2) is 5.82 Å². The maximum Gasteiger partial charge on any atom is 0.416 e. The van der Waals surface area contributed by atoms with Crippen molar-refractivity contribution in [3.05, 3.63) is 105 Å². The Morgan fingerprint density at radius 1 is 1.00 bits per heavy atom. The number of primary amides is 1. The van der Waals surface area contributed by atoms with Crippen molar-refractivity contribution in [2.75, 3.05) is 18.9 Å². The monoisotopic (exact) mass is 604 g/mol. The van der Waals surface area contributed by atoms with Gasteiger partial charge in [0.25, 0.3) is 5.91 Å². The number of aromatic nitrogens is 3. The number of H-pyrrole nitrogens is 1. The fourth-order valence-electron chi connectivity index (χ4n) is 5.21. The number of carbonyl (C=O) groups is 2. The van der Waals surface area contributed by atoms with Crippen LogP contribution in [0.25, 0.3) is 10.9 Å². The van der Waals surface area contributed by atoms with E-state index < -0.39 is 18.0 Å². The Balaban J connectivity index is 1.25. The van der Waals surface area contributed by atoms with E-state index in [1.165, 1.54) is 10.9 Å². The number of aromatic amines is 1. The molecule has 3 heterocycles. The molecule has 42 heavy (non-hydrogen) atoms. The van der Waals surface area contributed by atoms with E-state index in [9.17, 15) is 9.59 Å². The number of hydrogen-bond acceptors (Lipinski definition) is 6. The number of hydrogen-bond donors (Lipinski definition) is 3. The molecule has 0 radical (unpaired) electrons. The van der Waals surface area contributed by atoms with Crippen LogP contribution in [0.15, 0.2) is 72.9 Å². The third-order valence-corrected chi connectivity index (χ3v) is 7.67. The second-order valence-electron chi connectivity index (χ2n) is 9.85. The minimum Gasteiger partial charge on any atom is -0.492 e. The second-order valence-corrected chi connectivity index (χ2v) is 10.7. The van der Waals surface area contributed by atoms with Gasteiger partial charge >= 0.3 is 6.09 Å².